The molecule has 0 fully saturated rings. The third-order valence-corrected chi connectivity index (χ3v) is 2.96. The van der Waals surface area contributed by atoms with Crippen molar-refractivity contribution in [3.8, 4) is 11.6 Å². The first-order chi connectivity index (χ1) is 9.49. The second kappa shape index (κ2) is 5.77. The summed E-state index contributed by atoms with van der Waals surface area (Å²) in [6.07, 6.45) is 0.840. The summed E-state index contributed by atoms with van der Waals surface area (Å²) < 4.78 is 5.82. The fourth-order valence-corrected chi connectivity index (χ4v) is 1.84. The lowest BCUT2D eigenvalue weighted by Gasteiger charge is -2.15. The summed E-state index contributed by atoms with van der Waals surface area (Å²) in [5, 5.41) is 0. The van der Waals surface area contributed by atoms with Crippen LogP contribution in [0.25, 0.3) is 0 Å². The lowest BCUT2D eigenvalue weighted by Crippen LogP contribution is -2.09. The second-order valence-electron chi connectivity index (χ2n) is 4.82. The molecule has 0 amide bonds. The van der Waals surface area contributed by atoms with Crippen molar-refractivity contribution in [2.45, 2.75) is 20.3 Å². The average Bonchev–Trinajstić information content (AvgIpc) is 2.40. The minimum atomic E-state index is 0.525. The van der Waals surface area contributed by atoms with E-state index in [0.717, 1.165) is 17.8 Å². The lowest BCUT2D eigenvalue weighted by atomic mass is 10.2. The van der Waals surface area contributed by atoms with Crippen molar-refractivity contribution in [1.82, 2.24) is 9.97 Å². The largest absolute Gasteiger partial charge is 0.437 e. The molecule has 0 spiro atoms. The first-order valence-electron chi connectivity index (χ1n) is 6.59. The van der Waals surface area contributed by atoms with Gasteiger partial charge in [-0.1, -0.05) is 6.92 Å². The van der Waals surface area contributed by atoms with Crippen LogP contribution < -0.4 is 15.4 Å². The van der Waals surface area contributed by atoms with E-state index in [-0.39, 0.29) is 0 Å². The number of hydrogen-bond donors (Lipinski definition) is 1. The highest BCUT2D eigenvalue weighted by Crippen LogP contribution is 2.30. The molecule has 2 aromatic rings. The molecule has 5 nitrogen and oxygen atoms in total. The molecule has 5 heteroatoms. The van der Waals surface area contributed by atoms with E-state index >= 15 is 0 Å². The van der Waals surface area contributed by atoms with Gasteiger partial charge in [-0.3, -0.25) is 0 Å². The van der Waals surface area contributed by atoms with Gasteiger partial charge in [0.1, 0.15) is 5.82 Å². The molecular weight excluding hydrogens is 252 g/mol. The Kier molecular flexibility index (Phi) is 4.08. The number of nitrogens with zero attached hydrogens (tertiary/aromatic N) is 3. The summed E-state index contributed by atoms with van der Waals surface area (Å²) in [5.74, 6) is 1.83. The van der Waals surface area contributed by atoms with Crippen LogP contribution >= 0.6 is 0 Å². The normalized spacial score (nSPS) is 10.4. The number of benzene rings is 1. The fourth-order valence-electron chi connectivity index (χ4n) is 1.84. The second-order valence-corrected chi connectivity index (χ2v) is 4.82. The van der Waals surface area contributed by atoms with Crippen molar-refractivity contribution >= 4 is 11.4 Å². The van der Waals surface area contributed by atoms with Crippen molar-refractivity contribution in [3.63, 3.8) is 0 Å². The molecule has 0 saturated carbocycles. The van der Waals surface area contributed by atoms with Crippen LogP contribution in [0, 0.1) is 6.92 Å². The molecule has 106 valence electrons. The molecule has 20 heavy (non-hydrogen) atoms. The summed E-state index contributed by atoms with van der Waals surface area (Å²) in [5.41, 5.74) is 8.52. The van der Waals surface area contributed by atoms with Crippen LogP contribution in [0.3, 0.4) is 0 Å². The molecule has 1 aromatic carbocycles. The molecule has 0 aliphatic rings. The van der Waals surface area contributed by atoms with Gasteiger partial charge in [0.05, 0.1) is 5.69 Å². The highest BCUT2D eigenvalue weighted by Gasteiger charge is 2.08. The molecule has 1 heterocycles. The average molecular weight is 272 g/mol. The maximum absolute atomic E-state index is 5.96. The van der Waals surface area contributed by atoms with Crippen LogP contribution in [0.1, 0.15) is 18.4 Å². The predicted molar refractivity (Wildman–Crippen MR) is 81.4 cm³/mol. The van der Waals surface area contributed by atoms with E-state index in [1.54, 1.807) is 0 Å². The molecular formula is C15H20N4O. The van der Waals surface area contributed by atoms with Gasteiger partial charge in [-0.2, -0.15) is 4.98 Å². The Morgan fingerprint density at radius 1 is 1.20 bits per heavy atom. The SMILES string of the molecule is CCc1cc(Oc2cc(N(C)C)ccc2N)nc(C)n1. The van der Waals surface area contributed by atoms with E-state index in [1.165, 1.54) is 0 Å². The van der Waals surface area contributed by atoms with Crippen LogP contribution in [0.2, 0.25) is 0 Å². The summed E-state index contributed by atoms with van der Waals surface area (Å²) in [6.45, 7) is 3.90. The third kappa shape index (κ3) is 3.17. The van der Waals surface area contributed by atoms with Gasteiger partial charge in [0, 0.05) is 37.6 Å². The molecule has 1 aromatic heterocycles. The zero-order valence-electron chi connectivity index (χ0n) is 12.3. The number of ether oxygens (including phenoxy) is 1. The van der Waals surface area contributed by atoms with Crippen LogP contribution in [0.4, 0.5) is 11.4 Å². The first kappa shape index (κ1) is 14.1. The standard InChI is InChI=1S/C15H20N4O/c1-5-11-8-15(18-10(2)17-11)20-14-9-12(19(3)4)6-7-13(14)16/h6-9H,5,16H2,1-4H3. The maximum atomic E-state index is 5.96. The van der Waals surface area contributed by atoms with Gasteiger partial charge >= 0.3 is 0 Å². The molecule has 0 saturated heterocycles. The molecule has 0 bridgehead atoms. The minimum absolute atomic E-state index is 0.525. The Bertz CT molecular complexity index is 611. The van der Waals surface area contributed by atoms with Crippen LogP contribution in [-0.4, -0.2) is 24.1 Å². The zero-order valence-corrected chi connectivity index (χ0v) is 12.3. The first-order valence-corrected chi connectivity index (χ1v) is 6.59. The van der Waals surface area contributed by atoms with Gasteiger partial charge in [-0.15, -0.1) is 0 Å². The van der Waals surface area contributed by atoms with Gasteiger partial charge in [-0.05, 0) is 25.5 Å². The molecule has 0 unspecified atom stereocenters. The summed E-state index contributed by atoms with van der Waals surface area (Å²) in [7, 11) is 3.94. The predicted octanol–water partition coefficient (Wildman–Crippen LogP) is 2.79. The number of nitrogens with two attached hydrogens (primary N) is 1. The molecule has 2 N–H and O–H groups in total. The highest BCUT2D eigenvalue weighted by atomic mass is 16.5. The highest BCUT2D eigenvalue weighted by molar-refractivity contribution is 5.62. The Balaban J connectivity index is 2.34. The van der Waals surface area contributed by atoms with E-state index < -0.39 is 0 Å². The fraction of sp³-hybridized carbons (Fsp3) is 0.333. The topological polar surface area (TPSA) is 64.3 Å². The van der Waals surface area contributed by atoms with Gasteiger partial charge in [0.15, 0.2) is 5.75 Å². The Morgan fingerprint density at radius 3 is 2.60 bits per heavy atom. The van der Waals surface area contributed by atoms with Gasteiger partial charge in [-0.25, -0.2) is 4.98 Å². The third-order valence-electron chi connectivity index (χ3n) is 2.96. The van der Waals surface area contributed by atoms with Gasteiger partial charge < -0.3 is 15.4 Å². The van der Waals surface area contributed by atoms with Crippen LogP contribution in [0.15, 0.2) is 24.3 Å². The number of aromatic nitrogens is 2. The van der Waals surface area contributed by atoms with Crippen molar-refractivity contribution in [2.75, 3.05) is 24.7 Å². The van der Waals surface area contributed by atoms with Gasteiger partial charge in [0.2, 0.25) is 5.88 Å². The summed E-state index contributed by atoms with van der Waals surface area (Å²) in [6, 6.07) is 7.53. The van der Waals surface area contributed by atoms with Crippen molar-refractivity contribution in [2.24, 2.45) is 0 Å². The van der Waals surface area contributed by atoms with E-state index in [2.05, 4.69) is 9.97 Å². The van der Waals surface area contributed by atoms with E-state index in [9.17, 15) is 0 Å². The Hall–Kier alpha value is -2.30. The molecule has 0 aliphatic heterocycles. The Morgan fingerprint density at radius 2 is 1.95 bits per heavy atom. The number of rotatable bonds is 4. The summed E-state index contributed by atoms with van der Waals surface area (Å²) in [4.78, 5) is 10.6. The molecule has 0 radical (unpaired) electrons. The monoisotopic (exact) mass is 272 g/mol. The summed E-state index contributed by atoms with van der Waals surface area (Å²) >= 11 is 0. The van der Waals surface area contributed by atoms with Crippen LogP contribution in [-0.2, 0) is 6.42 Å². The lowest BCUT2D eigenvalue weighted by molar-refractivity contribution is 0.460. The smallest absolute Gasteiger partial charge is 0.222 e. The van der Waals surface area contributed by atoms with E-state index in [1.807, 2.05) is 57.1 Å². The van der Waals surface area contributed by atoms with E-state index in [4.69, 9.17) is 10.5 Å². The van der Waals surface area contributed by atoms with Crippen molar-refractivity contribution < 1.29 is 4.74 Å². The van der Waals surface area contributed by atoms with E-state index in [0.29, 0.717) is 23.1 Å². The zero-order chi connectivity index (χ0) is 14.7. The number of aryl methyl sites for hydroxylation is 2. The number of nitrogen functional groups attached to an aromatic ring is 1. The minimum Gasteiger partial charge on any atom is -0.437 e. The Labute approximate surface area is 119 Å². The number of anilines is 2. The molecule has 2 rings (SSSR count). The quantitative estimate of drug-likeness (QED) is 0.867. The molecule has 0 aliphatic carbocycles. The van der Waals surface area contributed by atoms with Crippen LogP contribution in [0.5, 0.6) is 11.6 Å². The van der Waals surface area contributed by atoms with Crippen molar-refractivity contribution in [3.05, 3.63) is 35.8 Å². The van der Waals surface area contributed by atoms with Crippen molar-refractivity contribution in [1.29, 1.82) is 0 Å². The van der Waals surface area contributed by atoms with Gasteiger partial charge in [0.25, 0.3) is 0 Å². The molecule has 0 atom stereocenters. The number of hydrogen-bond acceptors (Lipinski definition) is 5. The maximum Gasteiger partial charge on any atom is 0.222 e.